The summed E-state index contributed by atoms with van der Waals surface area (Å²) in [6.07, 6.45) is 0. The van der Waals surface area contributed by atoms with Crippen LogP contribution in [0.1, 0.15) is 22.3 Å². The molecule has 8 aromatic rings. The number of imidazole rings is 1. The number of hydrogen-bond acceptors (Lipinski definition) is 1. The summed E-state index contributed by atoms with van der Waals surface area (Å²) in [4.78, 5) is 8.84. The van der Waals surface area contributed by atoms with Gasteiger partial charge in [0.25, 0.3) is 0 Å². The highest BCUT2D eigenvalue weighted by Crippen LogP contribution is 2.38. The number of nitrogens with one attached hydrogen (secondary N) is 1. The van der Waals surface area contributed by atoms with Crippen LogP contribution in [-0.4, -0.2) is 9.97 Å². The third-order valence-corrected chi connectivity index (χ3v) is 8.26. The maximum atomic E-state index is 5.16. The van der Waals surface area contributed by atoms with Crippen molar-refractivity contribution in [2.24, 2.45) is 0 Å². The Morgan fingerprint density at radius 3 is 1.28 bits per heavy atom. The van der Waals surface area contributed by atoms with Gasteiger partial charge >= 0.3 is 0 Å². The van der Waals surface area contributed by atoms with Crippen LogP contribution in [0.3, 0.4) is 0 Å². The quantitative estimate of drug-likeness (QED) is 0.168. The second-order valence-corrected chi connectivity index (χ2v) is 10.8. The van der Waals surface area contributed by atoms with E-state index in [9.17, 15) is 0 Å². The summed E-state index contributed by atoms with van der Waals surface area (Å²) in [6, 6.07) is 58.0. The molecule has 8 rings (SSSR count). The fourth-order valence-corrected chi connectivity index (χ4v) is 6.28. The number of aromatic amines is 1. The van der Waals surface area contributed by atoms with Crippen molar-refractivity contribution in [1.29, 1.82) is 0 Å². The fourth-order valence-electron chi connectivity index (χ4n) is 6.28. The van der Waals surface area contributed by atoms with E-state index in [-0.39, 0.29) is 0 Å². The smallest absolute Gasteiger partial charge is 0.138 e. The lowest BCUT2D eigenvalue weighted by atomic mass is 9.85. The summed E-state index contributed by atoms with van der Waals surface area (Å²) in [5.41, 5.74) is 10.3. The van der Waals surface area contributed by atoms with Crippen molar-refractivity contribution in [2.75, 3.05) is 0 Å². The second-order valence-electron chi connectivity index (χ2n) is 10.8. The minimum Gasteiger partial charge on any atom is -0.337 e. The molecule has 2 heteroatoms. The summed E-state index contributed by atoms with van der Waals surface area (Å²) in [5.74, 6) is 0.875. The monoisotopic (exact) mass is 548 g/mol. The van der Waals surface area contributed by atoms with Gasteiger partial charge in [0.2, 0.25) is 0 Å². The Kier molecular flexibility index (Phi) is 6.16. The van der Waals surface area contributed by atoms with Crippen LogP contribution in [0.5, 0.6) is 0 Å². The van der Waals surface area contributed by atoms with Gasteiger partial charge in [-0.25, -0.2) is 4.98 Å². The molecule has 0 aliphatic rings. The third kappa shape index (κ3) is 4.41. The molecule has 0 saturated heterocycles. The van der Waals surface area contributed by atoms with E-state index >= 15 is 0 Å². The zero-order chi connectivity index (χ0) is 28.6. The average molecular weight is 549 g/mol. The lowest BCUT2D eigenvalue weighted by molar-refractivity contribution is 1.34. The van der Waals surface area contributed by atoms with E-state index in [0.717, 1.165) is 28.0 Å². The Hall–Kier alpha value is -5.73. The first-order chi connectivity index (χ1) is 21.3. The van der Waals surface area contributed by atoms with Gasteiger partial charge in [0.15, 0.2) is 0 Å². The lowest BCUT2D eigenvalue weighted by Crippen LogP contribution is -1.97. The number of fused-ring (bicyclic) bond motifs is 6. The number of aromatic nitrogens is 2. The zero-order valence-corrected chi connectivity index (χ0v) is 23.5. The minimum atomic E-state index is 0.875. The van der Waals surface area contributed by atoms with E-state index in [4.69, 9.17) is 4.98 Å². The molecule has 0 unspecified atom stereocenters. The molecule has 43 heavy (non-hydrogen) atoms. The maximum Gasteiger partial charge on any atom is 0.138 e. The van der Waals surface area contributed by atoms with Crippen LogP contribution in [0.25, 0.3) is 55.1 Å². The Labute approximate surface area is 250 Å². The summed E-state index contributed by atoms with van der Waals surface area (Å²) < 4.78 is 0. The number of benzene rings is 7. The highest BCUT2D eigenvalue weighted by molar-refractivity contribution is 6.23. The van der Waals surface area contributed by atoms with Crippen molar-refractivity contribution in [1.82, 2.24) is 9.97 Å². The second kappa shape index (κ2) is 10.6. The normalized spacial score (nSPS) is 11.3. The van der Waals surface area contributed by atoms with Gasteiger partial charge in [-0.2, -0.15) is 0 Å². The van der Waals surface area contributed by atoms with E-state index < -0.39 is 0 Å². The van der Waals surface area contributed by atoms with Crippen molar-refractivity contribution in [2.45, 2.75) is 0 Å². The molecule has 7 aromatic carbocycles. The molecule has 0 fully saturated rings. The van der Waals surface area contributed by atoms with E-state index in [0.29, 0.717) is 0 Å². The predicted octanol–water partition coefficient (Wildman–Crippen LogP) is 10.5. The molecule has 0 aliphatic heterocycles. The van der Waals surface area contributed by atoms with Gasteiger partial charge in [-0.15, -0.1) is 0 Å². The predicted molar refractivity (Wildman–Crippen MR) is 181 cm³/mol. The molecule has 0 aliphatic carbocycles. The highest BCUT2D eigenvalue weighted by Gasteiger charge is 2.17. The van der Waals surface area contributed by atoms with Crippen LogP contribution in [0, 0.1) is 0 Å². The van der Waals surface area contributed by atoms with Gasteiger partial charge in [0, 0.05) is 16.3 Å². The van der Waals surface area contributed by atoms with E-state index in [2.05, 4.69) is 169 Å². The summed E-state index contributed by atoms with van der Waals surface area (Å²) in [7, 11) is 0. The van der Waals surface area contributed by atoms with E-state index in [1.807, 2.05) is 0 Å². The number of H-pyrrole nitrogens is 1. The largest absolute Gasteiger partial charge is 0.337 e. The first-order valence-corrected chi connectivity index (χ1v) is 14.7. The first-order valence-electron chi connectivity index (χ1n) is 14.7. The molecule has 0 spiro atoms. The average Bonchev–Trinajstić information content (AvgIpc) is 3.55. The van der Waals surface area contributed by atoms with Gasteiger partial charge in [-0.1, -0.05) is 164 Å². The molecule has 0 saturated carbocycles. The number of nitrogens with zero attached hydrogens (tertiary/aromatic N) is 1. The molecule has 1 aromatic heterocycles. The molecule has 1 heterocycles. The lowest BCUT2D eigenvalue weighted by Gasteiger charge is -2.18. The summed E-state index contributed by atoms with van der Waals surface area (Å²) in [5, 5.41) is 4.82. The molecule has 0 bridgehead atoms. The van der Waals surface area contributed by atoms with Crippen molar-refractivity contribution in [3.05, 3.63) is 186 Å². The minimum absolute atomic E-state index is 0.875. The molecular formula is C41H28N2. The maximum absolute atomic E-state index is 5.16. The van der Waals surface area contributed by atoms with Gasteiger partial charge in [0.1, 0.15) is 5.82 Å². The Balaban J connectivity index is 1.32. The van der Waals surface area contributed by atoms with Gasteiger partial charge in [0.05, 0.1) is 11.0 Å². The van der Waals surface area contributed by atoms with Crippen molar-refractivity contribution < 1.29 is 0 Å². The van der Waals surface area contributed by atoms with Crippen LogP contribution in [0.15, 0.2) is 164 Å². The SMILES string of the molecule is c1ccc(C(=C(c2ccccc2)c2ccc(-c3nc4c5ccccc5c5ccccc5c4[nH]3)cc2)c2ccccc2)cc1. The third-order valence-electron chi connectivity index (χ3n) is 8.26. The Morgan fingerprint density at radius 1 is 0.372 bits per heavy atom. The van der Waals surface area contributed by atoms with E-state index in [1.54, 1.807) is 0 Å². The van der Waals surface area contributed by atoms with E-state index in [1.165, 1.54) is 49.4 Å². The van der Waals surface area contributed by atoms with Crippen LogP contribution in [0.2, 0.25) is 0 Å². The van der Waals surface area contributed by atoms with Crippen molar-refractivity contribution >= 4 is 43.7 Å². The topological polar surface area (TPSA) is 28.7 Å². The van der Waals surface area contributed by atoms with Crippen molar-refractivity contribution in [3.8, 4) is 11.4 Å². The van der Waals surface area contributed by atoms with Crippen LogP contribution in [-0.2, 0) is 0 Å². The number of hydrogen-bond donors (Lipinski definition) is 1. The van der Waals surface area contributed by atoms with Gasteiger partial charge in [-0.05, 0) is 44.2 Å². The fraction of sp³-hybridized carbons (Fsp3) is 0. The zero-order valence-electron chi connectivity index (χ0n) is 23.5. The van der Waals surface area contributed by atoms with Crippen LogP contribution >= 0.6 is 0 Å². The number of rotatable bonds is 5. The Morgan fingerprint density at radius 2 is 0.767 bits per heavy atom. The molecule has 0 atom stereocenters. The Bertz CT molecular complexity index is 2130. The highest BCUT2D eigenvalue weighted by atomic mass is 14.9. The molecule has 202 valence electrons. The standard InChI is InChI=1S/C41H28N2/c1-4-14-28(15-5-1)37(29-16-6-2-7-17-29)38(30-18-8-3-9-19-30)31-24-26-32(27-25-31)41-42-39-35-22-12-10-20-33(35)34-21-11-13-23-36(34)40(39)43-41/h1-27H,(H,42,43). The summed E-state index contributed by atoms with van der Waals surface area (Å²) >= 11 is 0. The van der Waals surface area contributed by atoms with Gasteiger partial charge in [-0.3, -0.25) is 0 Å². The van der Waals surface area contributed by atoms with Gasteiger partial charge < -0.3 is 4.98 Å². The molecular weight excluding hydrogens is 520 g/mol. The molecule has 0 amide bonds. The van der Waals surface area contributed by atoms with Crippen LogP contribution in [0.4, 0.5) is 0 Å². The summed E-state index contributed by atoms with van der Waals surface area (Å²) in [6.45, 7) is 0. The molecule has 2 nitrogen and oxygen atoms in total. The van der Waals surface area contributed by atoms with Crippen molar-refractivity contribution in [3.63, 3.8) is 0 Å². The first kappa shape index (κ1) is 25.0. The molecule has 0 radical (unpaired) electrons. The van der Waals surface area contributed by atoms with Crippen LogP contribution < -0.4 is 0 Å². The molecule has 1 N–H and O–H groups in total.